The number of rotatable bonds is 11. The second-order valence-corrected chi connectivity index (χ2v) is 9.30. The summed E-state index contributed by atoms with van der Waals surface area (Å²) in [5, 5.41) is 18.6. The van der Waals surface area contributed by atoms with Crippen LogP contribution in [0.25, 0.3) is 0 Å². The van der Waals surface area contributed by atoms with Crippen LogP contribution in [0.15, 0.2) is 71.0 Å². The summed E-state index contributed by atoms with van der Waals surface area (Å²) in [6, 6.07) is 6.33. The maximum absolute atomic E-state index is 12.7. The molecular weight excluding hydrogens is 442 g/mol. The molecule has 0 saturated heterocycles. The number of thiol groups is 1. The van der Waals surface area contributed by atoms with Crippen LogP contribution in [0.1, 0.15) is 24.8 Å². The summed E-state index contributed by atoms with van der Waals surface area (Å²) in [4.78, 5) is 22.8. The average molecular weight is 466 g/mol. The number of hydrogen-bond donors (Lipinski definition) is 4. The van der Waals surface area contributed by atoms with Gasteiger partial charge in [0.05, 0.1) is 0 Å². The minimum atomic E-state index is -4.22. The van der Waals surface area contributed by atoms with Crippen LogP contribution in [0.3, 0.4) is 0 Å². The Labute approximate surface area is 186 Å². The Morgan fingerprint density at radius 2 is 2.00 bits per heavy atom. The van der Waals surface area contributed by atoms with Gasteiger partial charge in [-0.25, -0.2) is 13.2 Å². The highest BCUT2D eigenvalue weighted by Crippen LogP contribution is 2.54. The van der Waals surface area contributed by atoms with Gasteiger partial charge in [0, 0.05) is 5.92 Å². The second kappa shape index (κ2) is 9.99. The summed E-state index contributed by atoms with van der Waals surface area (Å²) in [7, 11) is -4.22. The number of carbonyl (C=O) groups is 2. The third-order valence-corrected chi connectivity index (χ3v) is 6.75. The van der Waals surface area contributed by atoms with Gasteiger partial charge in [0.15, 0.2) is 6.61 Å². The summed E-state index contributed by atoms with van der Waals surface area (Å²) in [5.41, 5.74) is -0.547. The van der Waals surface area contributed by atoms with Crippen molar-refractivity contribution in [1.29, 1.82) is 0 Å². The predicted octanol–water partition coefficient (Wildman–Crippen LogP) is 2.84. The molecule has 0 aliphatic heterocycles. The summed E-state index contributed by atoms with van der Waals surface area (Å²) >= 11 is 4.00. The van der Waals surface area contributed by atoms with Crippen LogP contribution >= 0.6 is 12.6 Å². The first-order valence-electron chi connectivity index (χ1n) is 9.11. The van der Waals surface area contributed by atoms with Gasteiger partial charge in [0.2, 0.25) is 10.0 Å². The Morgan fingerprint density at radius 1 is 1.32 bits per heavy atom. The van der Waals surface area contributed by atoms with Gasteiger partial charge in [0.25, 0.3) is 0 Å². The van der Waals surface area contributed by atoms with E-state index in [1.54, 1.807) is 43.4 Å². The van der Waals surface area contributed by atoms with Gasteiger partial charge in [-0.2, -0.15) is 4.72 Å². The zero-order valence-electron chi connectivity index (χ0n) is 16.7. The van der Waals surface area contributed by atoms with Gasteiger partial charge in [-0.1, -0.05) is 54.7 Å². The third kappa shape index (κ3) is 6.09. The molecule has 0 radical (unpaired) electrons. The van der Waals surface area contributed by atoms with Crippen molar-refractivity contribution in [2.75, 3.05) is 6.61 Å². The summed E-state index contributed by atoms with van der Waals surface area (Å²) in [5.74, 6) is -3.09. The molecule has 31 heavy (non-hydrogen) atoms. The Balaban J connectivity index is 2.27. The van der Waals surface area contributed by atoms with Crippen LogP contribution in [0, 0.1) is 0 Å². The largest absolute Gasteiger partial charge is 0.482 e. The Morgan fingerprint density at radius 3 is 2.61 bits per heavy atom. The van der Waals surface area contributed by atoms with Crippen molar-refractivity contribution in [2.24, 2.45) is 0 Å². The number of benzene rings is 1. The highest BCUT2D eigenvalue weighted by atomic mass is 32.3. The van der Waals surface area contributed by atoms with Crippen LogP contribution in [-0.2, 0) is 19.6 Å². The van der Waals surface area contributed by atoms with Gasteiger partial charge < -0.3 is 14.9 Å². The average Bonchev–Trinajstić information content (AvgIpc) is 3.41. The first kappa shape index (κ1) is 24.4. The van der Waals surface area contributed by atoms with Crippen molar-refractivity contribution >= 4 is 34.6 Å². The molecule has 166 valence electrons. The minimum Gasteiger partial charge on any atom is -0.482 e. The zero-order valence-corrected chi connectivity index (χ0v) is 18.4. The van der Waals surface area contributed by atoms with Crippen molar-refractivity contribution < 1.29 is 33.0 Å². The fraction of sp³-hybridized carbons (Fsp3) is 0.238. The molecule has 1 aromatic rings. The zero-order chi connectivity index (χ0) is 23.2. The molecule has 1 aliphatic carbocycles. The molecule has 2 atom stereocenters. The molecular formula is C21H23NO7S2. The van der Waals surface area contributed by atoms with Crippen LogP contribution < -0.4 is 9.46 Å². The molecule has 0 spiro atoms. The van der Waals surface area contributed by atoms with E-state index < -0.39 is 40.0 Å². The van der Waals surface area contributed by atoms with Gasteiger partial charge in [-0.05, 0) is 31.1 Å². The van der Waals surface area contributed by atoms with Crippen molar-refractivity contribution in [2.45, 2.75) is 24.8 Å². The summed E-state index contributed by atoms with van der Waals surface area (Å²) in [6.45, 7) is 4.76. The fourth-order valence-corrected chi connectivity index (χ4v) is 4.35. The van der Waals surface area contributed by atoms with Crippen LogP contribution in [0.5, 0.6) is 5.75 Å². The fourth-order valence-electron chi connectivity index (χ4n) is 2.98. The molecule has 1 aliphatic rings. The van der Waals surface area contributed by atoms with E-state index in [1.165, 1.54) is 18.2 Å². The highest BCUT2D eigenvalue weighted by molar-refractivity contribution is 8.09. The third-order valence-electron chi connectivity index (χ3n) is 4.56. The van der Waals surface area contributed by atoms with E-state index in [4.69, 9.17) is 9.84 Å². The molecule has 0 bridgehead atoms. The Bertz CT molecular complexity index is 1070. The molecule has 1 aromatic carbocycles. The molecule has 0 heterocycles. The van der Waals surface area contributed by atoms with E-state index in [0.29, 0.717) is 5.56 Å². The normalized spacial score (nSPS) is 21.7. The van der Waals surface area contributed by atoms with E-state index in [1.807, 2.05) is 0 Å². The molecule has 0 aromatic heterocycles. The molecule has 2 rings (SSSR count). The first-order chi connectivity index (χ1) is 14.5. The van der Waals surface area contributed by atoms with Crippen molar-refractivity contribution in [3.8, 4) is 5.75 Å². The van der Waals surface area contributed by atoms with Gasteiger partial charge in [-0.3, -0.25) is 4.79 Å². The number of hydrogen-bond acceptors (Lipinski definition) is 6. The van der Waals surface area contributed by atoms with Crippen LogP contribution in [0.2, 0.25) is 0 Å². The van der Waals surface area contributed by atoms with E-state index in [-0.39, 0.29) is 16.4 Å². The smallest absolute Gasteiger partial charge is 0.341 e. The van der Waals surface area contributed by atoms with E-state index >= 15 is 0 Å². The lowest BCUT2D eigenvalue weighted by Gasteiger charge is -2.17. The maximum Gasteiger partial charge on any atom is 0.341 e. The lowest BCUT2D eigenvalue weighted by atomic mass is 10.1. The lowest BCUT2D eigenvalue weighted by molar-refractivity contribution is -0.141. The molecule has 10 heteroatoms. The number of para-hydroxylation sites is 1. The lowest BCUT2D eigenvalue weighted by Crippen LogP contribution is -2.44. The van der Waals surface area contributed by atoms with E-state index in [9.17, 15) is 23.1 Å². The maximum atomic E-state index is 12.7. The van der Waals surface area contributed by atoms with E-state index in [2.05, 4.69) is 23.9 Å². The standard InChI is InChI=1S/C21H23NO7S2/c1-3-7-14(2)8-6-11-19(30)31(27,28)22-21(20(25)26)12-16(21)15-9-4-5-10-17(15)29-13-18(23)24/h3-11,16,22,30H,1,12-13H2,2H3,(H,23,24)(H,25,26)/b8-6+,14-7+,19-11+. The Hall–Kier alpha value is -2.82. The number of sulfonamides is 1. The number of carboxylic acid groups (broad SMARTS) is 2. The summed E-state index contributed by atoms with van der Waals surface area (Å²) in [6.07, 6.45) is 7.66. The second-order valence-electron chi connectivity index (χ2n) is 6.87. The predicted molar refractivity (Wildman–Crippen MR) is 120 cm³/mol. The van der Waals surface area contributed by atoms with Crippen molar-refractivity contribution in [3.05, 3.63) is 76.6 Å². The van der Waals surface area contributed by atoms with Crippen molar-refractivity contribution in [3.63, 3.8) is 0 Å². The van der Waals surface area contributed by atoms with Gasteiger partial charge >= 0.3 is 11.9 Å². The van der Waals surface area contributed by atoms with Crippen molar-refractivity contribution in [1.82, 2.24) is 4.72 Å². The first-order valence-corrected chi connectivity index (χ1v) is 11.0. The Kier molecular flexibility index (Phi) is 7.88. The molecule has 1 saturated carbocycles. The molecule has 2 unspecified atom stereocenters. The number of aliphatic carboxylic acids is 2. The molecule has 3 N–H and O–H groups in total. The monoisotopic (exact) mass is 465 g/mol. The van der Waals surface area contributed by atoms with Gasteiger partial charge in [-0.15, -0.1) is 12.6 Å². The molecule has 8 nitrogen and oxygen atoms in total. The molecule has 0 amide bonds. The topological polar surface area (TPSA) is 130 Å². The summed E-state index contributed by atoms with van der Waals surface area (Å²) < 4.78 is 32.5. The number of allylic oxidation sites excluding steroid dienone is 6. The quantitative estimate of drug-likeness (QED) is 0.292. The van der Waals surface area contributed by atoms with Crippen LogP contribution in [-0.4, -0.2) is 42.7 Å². The van der Waals surface area contributed by atoms with E-state index in [0.717, 1.165) is 5.57 Å². The number of ether oxygens (including phenoxy) is 1. The van der Waals surface area contributed by atoms with Crippen LogP contribution in [0.4, 0.5) is 0 Å². The van der Waals surface area contributed by atoms with Gasteiger partial charge in [0.1, 0.15) is 15.5 Å². The number of carboxylic acids is 2. The molecule has 1 fully saturated rings. The highest BCUT2D eigenvalue weighted by Gasteiger charge is 2.64. The minimum absolute atomic E-state index is 0.0207. The number of nitrogens with one attached hydrogen (secondary N) is 1. The SMILES string of the molecule is C=C/C=C(C)/C=C/C=C(\S)S(=O)(=O)NC1(C(=O)O)CC1c1ccccc1OCC(=O)O.